The second-order valence-electron chi connectivity index (χ2n) is 11.6. The maximum atomic E-state index is 11.5. The van der Waals surface area contributed by atoms with Crippen molar-refractivity contribution in [1.29, 1.82) is 0 Å². The summed E-state index contributed by atoms with van der Waals surface area (Å²) in [6.07, 6.45) is 2.04. The van der Waals surface area contributed by atoms with Crippen LogP contribution in [0.5, 0.6) is 0 Å². The maximum absolute atomic E-state index is 11.5. The number of aryl methyl sites for hydroxylation is 1. The van der Waals surface area contributed by atoms with Gasteiger partial charge >= 0.3 is 11.9 Å². The molecule has 6 heteroatoms. The summed E-state index contributed by atoms with van der Waals surface area (Å²) in [6, 6.07) is 11.3. The van der Waals surface area contributed by atoms with E-state index in [1.165, 1.54) is 14.2 Å². The van der Waals surface area contributed by atoms with E-state index in [2.05, 4.69) is 32.6 Å². The van der Waals surface area contributed by atoms with Crippen molar-refractivity contribution in [2.24, 2.45) is 10.8 Å². The van der Waals surface area contributed by atoms with Crippen molar-refractivity contribution in [3.05, 3.63) is 68.7 Å². The molecule has 0 N–H and O–H groups in total. The molecule has 0 aliphatic carbocycles. The smallest absolute Gasteiger partial charge is 0.312 e. The van der Waals surface area contributed by atoms with E-state index in [1.54, 1.807) is 13.0 Å². The van der Waals surface area contributed by atoms with E-state index in [1.807, 2.05) is 58.0 Å². The molecule has 38 heavy (non-hydrogen) atoms. The SMILES string of the molecule is COC(=O)C(C)c1ccc(C#CC(C)(C)C)c(Cl)c1.COC(=O)C(C)c1ccc(CCC(C)(C)C)c(Cl)c1. The molecule has 0 spiro atoms. The van der Waals surface area contributed by atoms with Crippen molar-refractivity contribution in [2.45, 2.75) is 80.1 Å². The Morgan fingerprint density at radius 1 is 0.816 bits per heavy atom. The minimum atomic E-state index is -0.327. The molecule has 0 bridgehead atoms. The molecule has 0 radical (unpaired) electrons. The zero-order valence-electron chi connectivity index (χ0n) is 24.4. The highest BCUT2D eigenvalue weighted by atomic mass is 35.5. The monoisotopic (exact) mass is 560 g/mol. The minimum absolute atomic E-state index is 0.0681. The Morgan fingerprint density at radius 3 is 1.68 bits per heavy atom. The fraction of sp³-hybridized carbons (Fsp3) is 0.500. The van der Waals surface area contributed by atoms with Gasteiger partial charge in [0.25, 0.3) is 0 Å². The fourth-order valence-electron chi connectivity index (χ4n) is 3.33. The molecule has 2 atom stereocenters. The quantitative estimate of drug-likeness (QED) is 0.262. The first-order chi connectivity index (χ1) is 17.5. The van der Waals surface area contributed by atoms with E-state index in [0.717, 1.165) is 40.1 Å². The summed E-state index contributed by atoms with van der Waals surface area (Å²) >= 11 is 12.5. The predicted molar refractivity (Wildman–Crippen MR) is 158 cm³/mol. The van der Waals surface area contributed by atoms with Crippen LogP contribution in [0.15, 0.2) is 36.4 Å². The van der Waals surface area contributed by atoms with E-state index in [4.69, 9.17) is 32.7 Å². The van der Waals surface area contributed by atoms with Crippen LogP contribution in [0.25, 0.3) is 0 Å². The van der Waals surface area contributed by atoms with E-state index in [-0.39, 0.29) is 29.2 Å². The fourth-order valence-corrected chi connectivity index (χ4v) is 3.85. The van der Waals surface area contributed by atoms with Crippen molar-refractivity contribution in [2.75, 3.05) is 14.2 Å². The molecule has 0 fully saturated rings. The molecule has 2 rings (SSSR count). The zero-order valence-corrected chi connectivity index (χ0v) is 25.9. The molecule has 208 valence electrons. The van der Waals surface area contributed by atoms with E-state index in [0.29, 0.717) is 10.4 Å². The van der Waals surface area contributed by atoms with Gasteiger partial charge in [-0.2, -0.15) is 0 Å². The summed E-state index contributed by atoms with van der Waals surface area (Å²) in [5.41, 5.74) is 3.87. The molecule has 0 aliphatic rings. The van der Waals surface area contributed by atoms with Crippen LogP contribution in [0.4, 0.5) is 0 Å². The maximum Gasteiger partial charge on any atom is 0.312 e. The van der Waals surface area contributed by atoms with Crippen LogP contribution in [0, 0.1) is 22.7 Å². The molecule has 0 aliphatic heterocycles. The topological polar surface area (TPSA) is 52.6 Å². The van der Waals surface area contributed by atoms with Crippen LogP contribution in [0.3, 0.4) is 0 Å². The van der Waals surface area contributed by atoms with Gasteiger partial charge in [-0.25, -0.2) is 0 Å². The zero-order chi connectivity index (χ0) is 29.3. The number of halogens is 2. The third-order valence-electron chi connectivity index (χ3n) is 5.90. The molecular formula is C32H42Cl2O4. The number of benzene rings is 2. The van der Waals surface area contributed by atoms with Crippen LogP contribution < -0.4 is 0 Å². The van der Waals surface area contributed by atoms with Crippen molar-refractivity contribution in [3.8, 4) is 11.8 Å². The standard InChI is InChI=1S/C16H23ClO2.C16H19ClO2/c2*1-11(15(18)19-5)13-7-6-12(14(17)10-13)8-9-16(2,3)4/h6-7,10-11H,8-9H2,1-5H3;6-7,10-11H,1-5H3. The van der Waals surface area contributed by atoms with Crippen molar-refractivity contribution < 1.29 is 19.1 Å². The van der Waals surface area contributed by atoms with Gasteiger partial charge in [0, 0.05) is 16.0 Å². The van der Waals surface area contributed by atoms with Gasteiger partial charge in [-0.15, -0.1) is 0 Å². The number of hydrogen-bond donors (Lipinski definition) is 0. The Hall–Kier alpha value is -2.48. The predicted octanol–water partition coefficient (Wildman–Crippen LogP) is 8.61. The van der Waals surface area contributed by atoms with Crippen LogP contribution in [-0.4, -0.2) is 26.2 Å². The molecule has 2 aromatic rings. The van der Waals surface area contributed by atoms with Crippen molar-refractivity contribution in [3.63, 3.8) is 0 Å². The molecule has 2 aromatic carbocycles. The lowest BCUT2D eigenvalue weighted by Gasteiger charge is -2.18. The highest BCUT2D eigenvalue weighted by Gasteiger charge is 2.18. The van der Waals surface area contributed by atoms with E-state index in [9.17, 15) is 9.59 Å². The second-order valence-corrected chi connectivity index (χ2v) is 12.5. The largest absolute Gasteiger partial charge is 0.469 e. The molecule has 0 amide bonds. The van der Waals surface area contributed by atoms with Crippen LogP contribution in [0.1, 0.15) is 95.9 Å². The summed E-state index contributed by atoms with van der Waals surface area (Å²) in [5, 5.41) is 1.29. The molecule has 0 saturated heterocycles. The number of hydrogen-bond acceptors (Lipinski definition) is 4. The Balaban J connectivity index is 0.000000380. The van der Waals surface area contributed by atoms with Crippen molar-refractivity contribution >= 4 is 35.1 Å². The third kappa shape index (κ3) is 11.5. The van der Waals surface area contributed by atoms with Gasteiger partial charge in [-0.3, -0.25) is 9.59 Å². The molecule has 2 unspecified atom stereocenters. The van der Waals surface area contributed by atoms with Crippen molar-refractivity contribution in [1.82, 2.24) is 0 Å². The number of methoxy groups -OCH3 is 2. The summed E-state index contributed by atoms with van der Waals surface area (Å²) in [7, 11) is 2.78. The number of esters is 2. The van der Waals surface area contributed by atoms with Crippen LogP contribution >= 0.6 is 23.2 Å². The summed E-state index contributed by atoms with van der Waals surface area (Å²) in [6.45, 7) is 16.4. The van der Waals surface area contributed by atoms with Gasteiger partial charge in [0.2, 0.25) is 0 Å². The van der Waals surface area contributed by atoms with E-state index >= 15 is 0 Å². The third-order valence-corrected chi connectivity index (χ3v) is 6.56. The second kappa shape index (κ2) is 14.6. The lowest BCUT2D eigenvalue weighted by molar-refractivity contribution is -0.142. The molecule has 0 aromatic heterocycles. The molecule has 0 heterocycles. The summed E-state index contributed by atoms with van der Waals surface area (Å²) in [4.78, 5) is 23.0. The lowest BCUT2D eigenvalue weighted by Crippen LogP contribution is -2.11. The molecular weight excluding hydrogens is 519 g/mol. The Kier molecular flexibility index (Phi) is 12.9. The average Bonchev–Trinajstić information content (AvgIpc) is 2.84. The highest BCUT2D eigenvalue weighted by Crippen LogP contribution is 2.28. The summed E-state index contributed by atoms with van der Waals surface area (Å²) in [5.74, 6) is 5.08. The normalized spacial score (nSPS) is 12.7. The first-order valence-corrected chi connectivity index (χ1v) is 13.5. The Bertz CT molecular complexity index is 1160. The van der Waals surface area contributed by atoms with Gasteiger partial charge in [-0.05, 0) is 87.8 Å². The van der Waals surface area contributed by atoms with Gasteiger partial charge in [0.15, 0.2) is 0 Å². The first-order valence-electron chi connectivity index (χ1n) is 12.8. The molecule has 0 saturated carbocycles. The Labute approximate surface area is 239 Å². The average molecular weight is 562 g/mol. The van der Waals surface area contributed by atoms with Crippen LogP contribution in [0.2, 0.25) is 10.0 Å². The number of carbonyl (C=O) groups excluding carboxylic acids is 2. The van der Waals surface area contributed by atoms with Gasteiger partial charge in [0.05, 0.1) is 31.1 Å². The van der Waals surface area contributed by atoms with E-state index < -0.39 is 0 Å². The first kappa shape index (κ1) is 33.5. The number of rotatable bonds is 6. The van der Waals surface area contributed by atoms with Gasteiger partial charge < -0.3 is 9.47 Å². The number of carbonyl (C=O) groups is 2. The van der Waals surface area contributed by atoms with Crippen LogP contribution in [-0.2, 0) is 25.5 Å². The minimum Gasteiger partial charge on any atom is -0.469 e. The number of ether oxygens (including phenoxy) is 2. The Morgan fingerprint density at radius 2 is 1.29 bits per heavy atom. The lowest BCUT2D eigenvalue weighted by atomic mass is 9.88. The highest BCUT2D eigenvalue weighted by molar-refractivity contribution is 6.32. The van der Waals surface area contributed by atoms with Gasteiger partial charge in [-0.1, -0.05) is 74.0 Å². The van der Waals surface area contributed by atoms with Gasteiger partial charge in [0.1, 0.15) is 0 Å². The molecule has 4 nitrogen and oxygen atoms in total. The summed E-state index contributed by atoms with van der Waals surface area (Å²) < 4.78 is 9.47.